The number of carboxylic acid groups (broad SMARTS) is 1. The van der Waals surface area contributed by atoms with Crippen LogP contribution in [0.3, 0.4) is 0 Å². The second-order valence-corrected chi connectivity index (χ2v) is 5.43. The molecule has 1 atom stereocenters. The summed E-state index contributed by atoms with van der Waals surface area (Å²) in [5, 5.41) is 13.2. The average molecular weight is 304 g/mol. The van der Waals surface area contributed by atoms with E-state index in [1.165, 1.54) is 0 Å². The van der Waals surface area contributed by atoms with Crippen LogP contribution in [0.15, 0.2) is 42.5 Å². The third-order valence-corrected chi connectivity index (χ3v) is 3.74. The lowest BCUT2D eigenvalue weighted by atomic mass is 10.0. The van der Waals surface area contributed by atoms with E-state index in [9.17, 15) is 4.79 Å². The summed E-state index contributed by atoms with van der Waals surface area (Å²) in [6.07, 6.45) is 0.918. The maximum absolute atomic E-state index is 11.0. The molecule has 110 valence electrons. The van der Waals surface area contributed by atoms with Crippen LogP contribution in [0.4, 0.5) is 5.69 Å². The fourth-order valence-corrected chi connectivity index (χ4v) is 2.39. The number of nitrogens with one attached hydrogen (secondary N) is 1. The summed E-state index contributed by atoms with van der Waals surface area (Å²) in [4.78, 5) is 11.0. The van der Waals surface area contributed by atoms with Crippen LogP contribution in [0.1, 0.15) is 40.9 Å². The Kier molecular flexibility index (Phi) is 4.86. The maximum Gasteiger partial charge on any atom is 0.335 e. The fraction of sp³-hybridized carbons (Fsp3) is 0.235. The van der Waals surface area contributed by atoms with Crippen molar-refractivity contribution in [2.45, 2.75) is 26.3 Å². The molecule has 0 heterocycles. The second kappa shape index (κ2) is 6.64. The quantitative estimate of drug-likeness (QED) is 0.825. The van der Waals surface area contributed by atoms with Gasteiger partial charge in [0.25, 0.3) is 0 Å². The molecule has 21 heavy (non-hydrogen) atoms. The zero-order valence-corrected chi connectivity index (χ0v) is 12.8. The Labute approximate surface area is 129 Å². The van der Waals surface area contributed by atoms with Gasteiger partial charge in [0, 0.05) is 10.7 Å². The first-order valence-electron chi connectivity index (χ1n) is 6.87. The van der Waals surface area contributed by atoms with Crippen LogP contribution in [-0.2, 0) is 0 Å². The van der Waals surface area contributed by atoms with Crippen LogP contribution < -0.4 is 5.32 Å². The highest BCUT2D eigenvalue weighted by Crippen LogP contribution is 2.26. The van der Waals surface area contributed by atoms with E-state index in [1.807, 2.05) is 37.3 Å². The molecule has 2 rings (SSSR count). The summed E-state index contributed by atoms with van der Waals surface area (Å²) in [5.41, 5.74) is 3.32. The summed E-state index contributed by atoms with van der Waals surface area (Å²) in [6, 6.07) is 13.0. The van der Waals surface area contributed by atoms with Crippen LogP contribution in [0, 0.1) is 6.92 Å². The Balaban J connectivity index is 2.22. The molecule has 0 aliphatic carbocycles. The molecule has 2 N–H and O–H groups in total. The van der Waals surface area contributed by atoms with E-state index in [0.717, 1.165) is 28.3 Å². The van der Waals surface area contributed by atoms with E-state index < -0.39 is 5.97 Å². The van der Waals surface area contributed by atoms with Crippen molar-refractivity contribution >= 4 is 23.3 Å². The second-order valence-electron chi connectivity index (χ2n) is 4.99. The van der Waals surface area contributed by atoms with Crippen LogP contribution in [-0.4, -0.2) is 11.1 Å². The lowest BCUT2D eigenvalue weighted by Gasteiger charge is -2.20. The van der Waals surface area contributed by atoms with Gasteiger partial charge in [-0.25, -0.2) is 4.79 Å². The maximum atomic E-state index is 11.0. The summed E-state index contributed by atoms with van der Waals surface area (Å²) in [5.74, 6) is -0.908. The molecule has 0 radical (unpaired) electrons. The van der Waals surface area contributed by atoms with E-state index in [-0.39, 0.29) is 6.04 Å². The molecule has 0 saturated carbocycles. The van der Waals surface area contributed by atoms with Gasteiger partial charge in [0.05, 0.1) is 11.6 Å². The minimum atomic E-state index is -0.908. The van der Waals surface area contributed by atoms with Crippen molar-refractivity contribution in [1.29, 1.82) is 0 Å². The highest BCUT2D eigenvalue weighted by molar-refractivity contribution is 6.30. The van der Waals surface area contributed by atoms with Crippen molar-refractivity contribution in [3.05, 3.63) is 64.2 Å². The SMILES string of the molecule is CCC(Nc1ccc(C(=O)O)cc1C)c1ccc(Cl)cc1. The number of aryl methyl sites for hydroxylation is 1. The number of hydrogen-bond acceptors (Lipinski definition) is 2. The topological polar surface area (TPSA) is 49.3 Å². The Bertz CT molecular complexity index is 638. The standard InChI is InChI=1S/C17H18ClNO2/c1-3-15(12-4-7-14(18)8-5-12)19-16-9-6-13(17(20)21)10-11(16)2/h4-10,15,19H,3H2,1-2H3,(H,20,21). The number of halogens is 1. The molecule has 0 fully saturated rings. The van der Waals surface area contributed by atoms with Crippen molar-refractivity contribution in [1.82, 2.24) is 0 Å². The highest BCUT2D eigenvalue weighted by atomic mass is 35.5. The smallest absolute Gasteiger partial charge is 0.335 e. The van der Waals surface area contributed by atoms with Gasteiger partial charge in [-0.1, -0.05) is 30.7 Å². The number of carbonyl (C=O) groups is 1. The molecular formula is C17H18ClNO2. The van der Waals surface area contributed by atoms with Crippen LogP contribution >= 0.6 is 11.6 Å². The van der Waals surface area contributed by atoms with Crippen LogP contribution in [0.2, 0.25) is 5.02 Å². The average Bonchev–Trinajstić information content (AvgIpc) is 2.47. The molecule has 0 aromatic heterocycles. The van der Waals surface area contributed by atoms with E-state index in [2.05, 4.69) is 12.2 Å². The monoisotopic (exact) mass is 303 g/mol. The van der Waals surface area contributed by atoms with E-state index in [0.29, 0.717) is 5.56 Å². The highest BCUT2D eigenvalue weighted by Gasteiger charge is 2.11. The van der Waals surface area contributed by atoms with Crippen molar-refractivity contribution in [2.24, 2.45) is 0 Å². The Hall–Kier alpha value is -2.00. The normalized spacial score (nSPS) is 12.0. The first-order valence-corrected chi connectivity index (χ1v) is 7.25. The first-order chi connectivity index (χ1) is 10.0. The van der Waals surface area contributed by atoms with Crippen molar-refractivity contribution < 1.29 is 9.90 Å². The molecule has 2 aromatic carbocycles. The number of carboxylic acids is 1. The van der Waals surface area contributed by atoms with Crippen molar-refractivity contribution in [2.75, 3.05) is 5.32 Å². The summed E-state index contributed by atoms with van der Waals surface area (Å²) in [6.45, 7) is 4.01. The first kappa shape index (κ1) is 15.4. The number of benzene rings is 2. The molecule has 0 spiro atoms. The van der Waals surface area contributed by atoms with E-state index in [1.54, 1.807) is 12.1 Å². The van der Waals surface area contributed by atoms with Gasteiger partial charge in [-0.05, 0) is 54.8 Å². The predicted molar refractivity (Wildman–Crippen MR) is 86.2 cm³/mol. The molecule has 3 nitrogen and oxygen atoms in total. The van der Waals surface area contributed by atoms with Gasteiger partial charge in [0.2, 0.25) is 0 Å². The van der Waals surface area contributed by atoms with Gasteiger partial charge in [-0.3, -0.25) is 0 Å². The lowest BCUT2D eigenvalue weighted by Crippen LogP contribution is -2.11. The van der Waals surface area contributed by atoms with Crippen molar-refractivity contribution in [3.8, 4) is 0 Å². The zero-order chi connectivity index (χ0) is 15.4. The predicted octanol–water partition coefficient (Wildman–Crippen LogP) is 4.91. The Morgan fingerprint density at radius 3 is 2.43 bits per heavy atom. The Morgan fingerprint density at radius 2 is 1.90 bits per heavy atom. The third kappa shape index (κ3) is 3.76. The van der Waals surface area contributed by atoms with Gasteiger partial charge in [0.1, 0.15) is 0 Å². The number of aromatic carboxylic acids is 1. The van der Waals surface area contributed by atoms with Gasteiger partial charge in [0.15, 0.2) is 0 Å². The van der Waals surface area contributed by atoms with Gasteiger partial charge in [-0.15, -0.1) is 0 Å². The molecule has 0 aliphatic rings. The Morgan fingerprint density at radius 1 is 1.24 bits per heavy atom. The minimum Gasteiger partial charge on any atom is -0.478 e. The molecule has 1 unspecified atom stereocenters. The summed E-state index contributed by atoms with van der Waals surface area (Å²) in [7, 11) is 0. The van der Waals surface area contributed by atoms with E-state index in [4.69, 9.17) is 16.7 Å². The van der Waals surface area contributed by atoms with Crippen LogP contribution in [0.25, 0.3) is 0 Å². The third-order valence-electron chi connectivity index (χ3n) is 3.48. The largest absolute Gasteiger partial charge is 0.478 e. The molecular weight excluding hydrogens is 286 g/mol. The minimum absolute atomic E-state index is 0.164. The molecule has 0 saturated heterocycles. The number of anilines is 1. The number of hydrogen-bond donors (Lipinski definition) is 2. The number of rotatable bonds is 5. The van der Waals surface area contributed by atoms with Crippen molar-refractivity contribution in [3.63, 3.8) is 0 Å². The molecule has 0 amide bonds. The molecule has 2 aromatic rings. The van der Waals surface area contributed by atoms with Gasteiger partial charge >= 0.3 is 5.97 Å². The lowest BCUT2D eigenvalue weighted by molar-refractivity contribution is 0.0697. The fourth-order valence-electron chi connectivity index (χ4n) is 2.26. The summed E-state index contributed by atoms with van der Waals surface area (Å²) >= 11 is 5.92. The molecule has 4 heteroatoms. The zero-order valence-electron chi connectivity index (χ0n) is 12.1. The molecule has 0 aliphatic heterocycles. The summed E-state index contributed by atoms with van der Waals surface area (Å²) < 4.78 is 0. The molecule has 0 bridgehead atoms. The van der Waals surface area contributed by atoms with Crippen LogP contribution in [0.5, 0.6) is 0 Å². The van der Waals surface area contributed by atoms with Gasteiger partial charge < -0.3 is 10.4 Å². The van der Waals surface area contributed by atoms with Gasteiger partial charge in [-0.2, -0.15) is 0 Å². The van der Waals surface area contributed by atoms with E-state index >= 15 is 0 Å².